The highest BCUT2D eigenvalue weighted by atomic mass is 79.9. The average molecular weight is 334 g/mol. The van der Waals surface area contributed by atoms with E-state index in [0.717, 1.165) is 15.9 Å². The van der Waals surface area contributed by atoms with Gasteiger partial charge in [0.1, 0.15) is 11.6 Å². The minimum atomic E-state index is -0.842. The lowest BCUT2D eigenvalue weighted by molar-refractivity contribution is 0.262. The molecule has 2 rings (SSSR count). The van der Waals surface area contributed by atoms with Crippen molar-refractivity contribution in [3.8, 4) is 0 Å². The van der Waals surface area contributed by atoms with Gasteiger partial charge in [-0.3, -0.25) is 5.32 Å². The summed E-state index contributed by atoms with van der Waals surface area (Å²) in [6.07, 6.45) is 1.53. The van der Waals surface area contributed by atoms with Gasteiger partial charge in [0.15, 0.2) is 5.13 Å². The fourth-order valence-electron chi connectivity index (χ4n) is 1.15. The highest BCUT2D eigenvalue weighted by Crippen LogP contribution is 2.23. The van der Waals surface area contributed by atoms with Gasteiger partial charge in [-0.15, -0.1) is 0 Å². The van der Waals surface area contributed by atoms with E-state index in [-0.39, 0.29) is 5.69 Å². The van der Waals surface area contributed by atoms with Gasteiger partial charge in [-0.2, -0.15) is 0 Å². The summed E-state index contributed by atoms with van der Waals surface area (Å²) in [5, 5.41) is 5.04. The van der Waals surface area contributed by atoms with Crippen molar-refractivity contribution in [2.24, 2.45) is 0 Å². The van der Waals surface area contributed by atoms with Crippen LogP contribution in [0.3, 0.4) is 0 Å². The third-order valence-corrected chi connectivity index (χ3v) is 3.27. The van der Waals surface area contributed by atoms with Crippen LogP contribution in [0.5, 0.6) is 0 Å². The zero-order valence-electron chi connectivity index (χ0n) is 8.71. The predicted octanol–water partition coefficient (Wildman–Crippen LogP) is 3.83. The standard InChI is InChI=1S/C10H6BrF2N3OS/c11-8-4-14-10(18-8)16-9(17)15-7-2-1-5(12)3-6(7)13/h1-4H,(H2,14,15,16,17). The Kier molecular flexibility index (Phi) is 3.87. The number of anilines is 2. The van der Waals surface area contributed by atoms with Gasteiger partial charge in [-0.25, -0.2) is 18.6 Å². The van der Waals surface area contributed by atoms with Gasteiger partial charge in [0.05, 0.1) is 15.7 Å². The summed E-state index contributed by atoms with van der Waals surface area (Å²) in [4.78, 5) is 15.4. The third-order valence-electron chi connectivity index (χ3n) is 1.88. The first-order chi connectivity index (χ1) is 8.54. The van der Waals surface area contributed by atoms with E-state index in [2.05, 4.69) is 31.5 Å². The van der Waals surface area contributed by atoms with Crippen LogP contribution >= 0.6 is 27.3 Å². The highest BCUT2D eigenvalue weighted by Gasteiger charge is 2.09. The van der Waals surface area contributed by atoms with E-state index in [1.807, 2.05) is 0 Å². The van der Waals surface area contributed by atoms with Gasteiger partial charge in [0.25, 0.3) is 0 Å². The summed E-state index contributed by atoms with van der Waals surface area (Å²) in [6, 6.07) is 2.23. The fourth-order valence-corrected chi connectivity index (χ4v) is 2.26. The van der Waals surface area contributed by atoms with Crippen molar-refractivity contribution in [1.82, 2.24) is 4.98 Å². The summed E-state index contributed by atoms with van der Waals surface area (Å²) in [6.45, 7) is 0. The highest BCUT2D eigenvalue weighted by molar-refractivity contribution is 9.11. The van der Waals surface area contributed by atoms with Gasteiger partial charge in [0, 0.05) is 6.07 Å². The van der Waals surface area contributed by atoms with Gasteiger partial charge < -0.3 is 5.32 Å². The lowest BCUT2D eigenvalue weighted by Crippen LogP contribution is -2.20. The van der Waals surface area contributed by atoms with E-state index in [1.165, 1.54) is 17.5 Å². The largest absolute Gasteiger partial charge is 0.325 e. The third kappa shape index (κ3) is 3.23. The number of hydrogen-bond acceptors (Lipinski definition) is 3. The number of urea groups is 1. The second-order valence-electron chi connectivity index (χ2n) is 3.17. The molecule has 0 aliphatic carbocycles. The predicted molar refractivity (Wildman–Crippen MR) is 68.8 cm³/mol. The molecule has 1 heterocycles. The van der Waals surface area contributed by atoms with Crippen molar-refractivity contribution < 1.29 is 13.6 Å². The molecule has 0 saturated carbocycles. The molecule has 0 fully saturated rings. The molecule has 1 aromatic heterocycles. The molecule has 0 aliphatic heterocycles. The zero-order chi connectivity index (χ0) is 13.1. The first kappa shape index (κ1) is 12.9. The quantitative estimate of drug-likeness (QED) is 0.877. The lowest BCUT2D eigenvalue weighted by atomic mass is 10.3. The van der Waals surface area contributed by atoms with Gasteiger partial charge in [0.2, 0.25) is 0 Å². The SMILES string of the molecule is O=C(Nc1ncc(Br)s1)Nc1ccc(F)cc1F. The maximum Gasteiger partial charge on any atom is 0.325 e. The molecule has 94 valence electrons. The molecule has 4 nitrogen and oxygen atoms in total. The fraction of sp³-hybridized carbons (Fsp3) is 0. The van der Waals surface area contributed by atoms with Crippen molar-refractivity contribution in [1.29, 1.82) is 0 Å². The minimum absolute atomic E-state index is 0.107. The van der Waals surface area contributed by atoms with E-state index >= 15 is 0 Å². The van der Waals surface area contributed by atoms with E-state index in [0.29, 0.717) is 11.2 Å². The molecule has 0 spiro atoms. The number of halogens is 3. The monoisotopic (exact) mass is 333 g/mol. The summed E-state index contributed by atoms with van der Waals surface area (Å²) >= 11 is 4.40. The van der Waals surface area contributed by atoms with Crippen LogP contribution in [-0.2, 0) is 0 Å². The zero-order valence-corrected chi connectivity index (χ0v) is 11.1. The number of carbonyl (C=O) groups is 1. The molecule has 0 unspecified atom stereocenters. The number of nitrogens with zero attached hydrogens (tertiary/aromatic N) is 1. The van der Waals surface area contributed by atoms with E-state index < -0.39 is 17.7 Å². The second kappa shape index (κ2) is 5.40. The molecular weight excluding hydrogens is 328 g/mol. The number of thiazole rings is 1. The molecule has 1 aromatic carbocycles. The minimum Gasteiger partial charge on any atom is -0.305 e. The van der Waals surface area contributed by atoms with Crippen molar-refractivity contribution in [3.05, 3.63) is 39.8 Å². The Balaban J connectivity index is 2.03. The maximum absolute atomic E-state index is 13.3. The molecule has 0 atom stereocenters. The smallest absolute Gasteiger partial charge is 0.305 e. The molecule has 2 N–H and O–H groups in total. The number of carbonyl (C=O) groups excluding carboxylic acids is 1. The lowest BCUT2D eigenvalue weighted by Gasteiger charge is -2.06. The Labute approximate surface area is 113 Å². The van der Waals surface area contributed by atoms with Crippen LogP contribution < -0.4 is 10.6 Å². The molecule has 0 radical (unpaired) electrons. The molecule has 8 heteroatoms. The summed E-state index contributed by atoms with van der Waals surface area (Å²) < 4.78 is 26.7. The normalized spacial score (nSPS) is 10.2. The van der Waals surface area contributed by atoms with Crippen LogP contribution in [0.25, 0.3) is 0 Å². The number of benzene rings is 1. The van der Waals surface area contributed by atoms with Crippen LogP contribution in [0, 0.1) is 11.6 Å². The molecule has 0 aliphatic rings. The van der Waals surface area contributed by atoms with Crippen LogP contribution in [0.1, 0.15) is 0 Å². The number of rotatable bonds is 2. The maximum atomic E-state index is 13.3. The molecule has 0 saturated heterocycles. The average Bonchev–Trinajstić information content (AvgIpc) is 2.68. The first-order valence-corrected chi connectivity index (χ1v) is 6.30. The molecule has 2 aromatic rings. The van der Waals surface area contributed by atoms with Crippen LogP contribution in [-0.4, -0.2) is 11.0 Å². The number of amides is 2. The van der Waals surface area contributed by atoms with Gasteiger partial charge in [-0.1, -0.05) is 11.3 Å². The summed E-state index contributed by atoms with van der Waals surface area (Å²) in [5.74, 6) is -1.55. The molecule has 18 heavy (non-hydrogen) atoms. The Bertz CT molecular complexity index is 590. The van der Waals surface area contributed by atoms with E-state index in [9.17, 15) is 13.6 Å². The van der Waals surface area contributed by atoms with Crippen LogP contribution in [0.4, 0.5) is 24.4 Å². The Morgan fingerprint density at radius 1 is 1.33 bits per heavy atom. The summed E-state index contributed by atoms with van der Waals surface area (Å²) in [5.41, 5.74) is -0.107. The Morgan fingerprint density at radius 2 is 2.11 bits per heavy atom. The van der Waals surface area contributed by atoms with Crippen molar-refractivity contribution >= 4 is 44.1 Å². The van der Waals surface area contributed by atoms with Gasteiger partial charge >= 0.3 is 6.03 Å². The van der Waals surface area contributed by atoms with Crippen molar-refractivity contribution in [2.45, 2.75) is 0 Å². The van der Waals surface area contributed by atoms with E-state index in [1.54, 1.807) is 0 Å². The van der Waals surface area contributed by atoms with Crippen molar-refractivity contribution in [3.63, 3.8) is 0 Å². The second-order valence-corrected chi connectivity index (χ2v) is 5.58. The number of hydrogen-bond donors (Lipinski definition) is 2. The Morgan fingerprint density at radius 3 is 2.72 bits per heavy atom. The molecule has 2 amide bonds. The van der Waals surface area contributed by atoms with E-state index in [4.69, 9.17) is 0 Å². The molecular formula is C10H6BrF2N3OS. The van der Waals surface area contributed by atoms with Crippen molar-refractivity contribution in [2.75, 3.05) is 10.6 Å². The van der Waals surface area contributed by atoms with Crippen LogP contribution in [0.2, 0.25) is 0 Å². The van der Waals surface area contributed by atoms with Crippen LogP contribution in [0.15, 0.2) is 28.2 Å². The topological polar surface area (TPSA) is 54.0 Å². The number of aromatic nitrogens is 1. The first-order valence-electron chi connectivity index (χ1n) is 4.69. The summed E-state index contributed by atoms with van der Waals surface area (Å²) in [7, 11) is 0. The number of nitrogens with one attached hydrogen (secondary N) is 2. The van der Waals surface area contributed by atoms with Gasteiger partial charge in [-0.05, 0) is 28.1 Å². The molecule has 0 bridgehead atoms. The Hall–Kier alpha value is -1.54.